The lowest BCUT2D eigenvalue weighted by Gasteiger charge is -2.33. The average Bonchev–Trinajstić information content (AvgIpc) is 2.29. The Labute approximate surface area is 112 Å². The maximum absolute atomic E-state index is 11.6. The van der Waals surface area contributed by atoms with E-state index in [9.17, 15) is 8.42 Å². The highest BCUT2D eigenvalue weighted by atomic mass is 32.2. The summed E-state index contributed by atoms with van der Waals surface area (Å²) in [4.78, 5) is 2.35. The van der Waals surface area contributed by atoms with E-state index in [2.05, 4.69) is 24.2 Å². The molecule has 1 fully saturated rings. The third kappa shape index (κ3) is 4.84. The van der Waals surface area contributed by atoms with E-state index in [-0.39, 0.29) is 5.75 Å². The molecule has 18 heavy (non-hydrogen) atoms. The van der Waals surface area contributed by atoms with Gasteiger partial charge in [-0.15, -0.1) is 0 Å². The normalized spacial score (nSPS) is 21.4. The first-order chi connectivity index (χ1) is 8.33. The molecule has 0 aromatic rings. The highest BCUT2D eigenvalue weighted by molar-refractivity contribution is 7.89. The van der Waals surface area contributed by atoms with Crippen molar-refractivity contribution in [1.29, 1.82) is 0 Å². The first-order valence-electron chi connectivity index (χ1n) is 6.65. The first-order valence-corrected chi connectivity index (χ1v) is 8.26. The lowest BCUT2D eigenvalue weighted by Crippen LogP contribution is -2.42. The Hall–Kier alpha value is -0.170. The second-order valence-corrected chi connectivity index (χ2v) is 7.78. The van der Waals surface area contributed by atoms with E-state index < -0.39 is 10.0 Å². The maximum Gasteiger partial charge on any atom is 0.214 e. The van der Waals surface area contributed by atoms with Crippen molar-refractivity contribution in [3.05, 3.63) is 0 Å². The van der Waals surface area contributed by atoms with Gasteiger partial charge in [-0.1, -0.05) is 0 Å². The van der Waals surface area contributed by atoms with Gasteiger partial charge in [-0.3, -0.25) is 0 Å². The van der Waals surface area contributed by atoms with Crippen molar-refractivity contribution in [3.8, 4) is 0 Å². The summed E-state index contributed by atoms with van der Waals surface area (Å²) in [6.45, 7) is 4.99. The molecule has 6 heteroatoms. The molecule has 1 unspecified atom stereocenters. The van der Waals surface area contributed by atoms with Crippen molar-refractivity contribution in [2.75, 3.05) is 46.5 Å². The summed E-state index contributed by atoms with van der Waals surface area (Å²) in [5, 5.41) is 3.35. The first kappa shape index (κ1) is 15.9. The Morgan fingerprint density at radius 1 is 1.33 bits per heavy atom. The zero-order valence-electron chi connectivity index (χ0n) is 12.0. The largest absolute Gasteiger partial charge is 0.313 e. The summed E-state index contributed by atoms with van der Waals surface area (Å²) in [6.07, 6.45) is 2.40. The Balaban J connectivity index is 2.27. The van der Waals surface area contributed by atoms with Crippen molar-refractivity contribution in [2.24, 2.45) is 5.92 Å². The fourth-order valence-electron chi connectivity index (χ4n) is 2.29. The SMILES string of the molecule is CC(NCCS(=O)(=O)N(C)C)C1CCN(C)CC1. The van der Waals surface area contributed by atoms with Gasteiger partial charge < -0.3 is 10.2 Å². The Kier molecular flexibility index (Phi) is 6.04. The van der Waals surface area contributed by atoms with Crippen LogP contribution in [0.25, 0.3) is 0 Å². The number of rotatable bonds is 6. The molecular formula is C12H27N3O2S. The maximum atomic E-state index is 11.6. The molecule has 1 N–H and O–H groups in total. The second kappa shape index (κ2) is 6.84. The van der Waals surface area contributed by atoms with E-state index >= 15 is 0 Å². The number of sulfonamides is 1. The van der Waals surface area contributed by atoms with Gasteiger partial charge in [-0.2, -0.15) is 0 Å². The molecular weight excluding hydrogens is 250 g/mol. The molecule has 0 aromatic heterocycles. The molecule has 5 nitrogen and oxygen atoms in total. The predicted octanol–water partition coefficient (Wildman–Crippen LogP) is 0.198. The fraction of sp³-hybridized carbons (Fsp3) is 1.00. The molecule has 1 saturated heterocycles. The minimum Gasteiger partial charge on any atom is -0.313 e. The predicted molar refractivity (Wildman–Crippen MR) is 75.2 cm³/mol. The standard InChI is InChI=1S/C12H27N3O2S/c1-11(12-5-8-15(4)9-6-12)13-7-10-18(16,17)14(2)3/h11-13H,5-10H2,1-4H3. The summed E-state index contributed by atoms with van der Waals surface area (Å²) in [5.74, 6) is 0.847. The van der Waals surface area contributed by atoms with Crippen LogP contribution in [0.2, 0.25) is 0 Å². The van der Waals surface area contributed by atoms with Gasteiger partial charge in [0.1, 0.15) is 0 Å². The van der Waals surface area contributed by atoms with E-state index in [1.165, 1.54) is 17.1 Å². The van der Waals surface area contributed by atoms with Gasteiger partial charge in [0.25, 0.3) is 0 Å². The van der Waals surface area contributed by atoms with Gasteiger partial charge in [-0.05, 0) is 45.8 Å². The van der Waals surface area contributed by atoms with Crippen LogP contribution in [0.3, 0.4) is 0 Å². The molecule has 1 aliphatic heterocycles. The van der Waals surface area contributed by atoms with Crippen LogP contribution in [0.1, 0.15) is 19.8 Å². The van der Waals surface area contributed by atoms with Crippen LogP contribution in [0.15, 0.2) is 0 Å². The molecule has 108 valence electrons. The van der Waals surface area contributed by atoms with Gasteiger partial charge in [-0.25, -0.2) is 12.7 Å². The Morgan fingerprint density at radius 3 is 2.39 bits per heavy atom. The molecule has 0 aliphatic carbocycles. The lowest BCUT2D eigenvalue weighted by molar-refractivity contribution is 0.191. The monoisotopic (exact) mass is 277 g/mol. The third-order valence-corrected chi connectivity index (χ3v) is 5.69. The van der Waals surface area contributed by atoms with E-state index in [0.29, 0.717) is 18.5 Å². The second-order valence-electron chi connectivity index (χ2n) is 5.48. The summed E-state index contributed by atoms with van der Waals surface area (Å²) < 4.78 is 24.5. The highest BCUT2D eigenvalue weighted by Gasteiger charge is 2.22. The smallest absolute Gasteiger partial charge is 0.214 e. The molecule has 1 heterocycles. The van der Waals surface area contributed by atoms with Gasteiger partial charge >= 0.3 is 0 Å². The highest BCUT2D eigenvalue weighted by Crippen LogP contribution is 2.19. The molecule has 0 saturated carbocycles. The number of likely N-dealkylation sites (tertiary alicyclic amines) is 1. The van der Waals surface area contributed by atoms with Crippen molar-refractivity contribution < 1.29 is 8.42 Å². The van der Waals surface area contributed by atoms with Crippen LogP contribution in [0, 0.1) is 5.92 Å². The zero-order chi connectivity index (χ0) is 13.8. The van der Waals surface area contributed by atoms with Crippen molar-refractivity contribution in [3.63, 3.8) is 0 Å². The quantitative estimate of drug-likeness (QED) is 0.753. The zero-order valence-corrected chi connectivity index (χ0v) is 12.8. The minimum atomic E-state index is -3.07. The fourth-order valence-corrected chi connectivity index (χ4v) is 3.03. The molecule has 0 spiro atoms. The summed E-state index contributed by atoms with van der Waals surface area (Å²) in [5.41, 5.74) is 0. The van der Waals surface area contributed by atoms with Gasteiger partial charge in [0.05, 0.1) is 5.75 Å². The van der Waals surface area contributed by atoms with Gasteiger partial charge in [0, 0.05) is 26.7 Å². The summed E-state index contributed by atoms with van der Waals surface area (Å²) in [7, 11) is 2.24. The van der Waals surface area contributed by atoms with Gasteiger partial charge in [0.2, 0.25) is 10.0 Å². The van der Waals surface area contributed by atoms with E-state index in [4.69, 9.17) is 0 Å². The average molecular weight is 277 g/mol. The third-order valence-electron chi connectivity index (χ3n) is 3.85. The molecule has 1 aliphatic rings. The molecule has 0 amide bonds. The van der Waals surface area contributed by atoms with Crippen molar-refractivity contribution in [1.82, 2.24) is 14.5 Å². The molecule has 0 radical (unpaired) electrons. The van der Waals surface area contributed by atoms with E-state index in [0.717, 1.165) is 13.1 Å². The number of hydrogen-bond acceptors (Lipinski definition) is 4. The Bertz CT molecular complexity index is 335. The van der Waals surface area contributed by atoms with E-state index in [1.54, 1.807) is 14.1 Å². The lowest BCUT2D eigenvalue weighted by atomic mass is 9.90. The van der Waals surface area contributed by atoms with Crippen LogP contribution < -0.4 is 5.32 Å². The number of nitrogens with zero attached hydrogens (tertiary/aromatic N) is 2. The van der Waals surface area contributed by atoms with E-state index in [1.807, 2.05) is 0 Å². The number of nitrogens with one attached hydrogen (secondary N) is 1. The molecule has 0 bridgehead atoms. The topological polar surface area (TPSA) is 52.7 Å². The van der Waals surface area contributed by atoms with Crippen molar-refractivity contribution in [2.45, 2.75) is 25.8 Å². The van der Waals surface area contributed by atoms with Crippen molar-refractivity contribution >= 4 is 10.0 Å². The van der Waals surface area contributed by atoms with Crippen LogP contribution in [0.5, 0.6) is 0 Å². The van der Waals surface area contributed by atoms with Crippen LogP contribution in [-0.4, -0.2) is 70.2 Å². The van der Waals surface area contributed by atoms with Crippen LogP contribution in [-0.2, 0) is 10.0 Å². The van der Waals surface area contributed by atoms with Crippen LogP contribution >= 0.6 is 0 Å². The van der Waals surface area contributed by atoms with Crippen LogP contribution in [0.4, 0.5) is 0 Å². The molecule has 1 rings (SSSR count). The Morgan fingerprint density at radius 2 is 1.89 bits per heavy atom. The molecule has 1 atom stereocenters. The number of hydrogen-bond donors (Lipinski definition) is 1. The summed E-state index contributed by atoms with van der Waals surface area (Å²) >= 11 is 0. The summed E-state index contributed by atoms with van der Waals surface area (Å²) in [6, 6.07) is 0.399. The van der Waals surface area contributed by atoms with Gasteiger partial charge in [0.15, 0.2) is 0 Å². The minimum absolute atomic E-state index is 0.178. The number of piperidine rings is 1. The molecule has 0 aromatic carbocycles.